The summed E-state index contributed by atoms with van der Waals surface area (Å²) in [5.74, 6) is 0.771. The monoisotopic (exact) mass is 481 g/mol. The summed E-state index contributed by atoms with van der Waals surface area (Å²) in [6.07, 6.45) is 1.68. The second kappa shape index (κ2) is 9.03. The van der Waals surface area contributed by atoms with E-state index in [-0.39, 0.29) is 11.1 Å². The molecule has 0 radical (unpaired) electrons. The van der Waals surface area contributed by atoms with Gasteiger partial charge in [0.2, 0.25) is 0 Å². The van der Waals surface area contributed by atoms with Crippen molar-refractivity contribution in [1.82, 2.24) is 4.90 Å². The highest BCUT2D eigenvalue weighted by molar-refractivity contribution is 9.10. The highest BCUT2D eigenvalue weighted by atomic mass is 79.9. The van der Waals surface area contributed by atoms with E-state index in [2.05, 4.69) is 15.9 Å². The maximum atomic E-state index is 12.3. The van der Waals surface area contributed by atoms with Gasteiger partial charge in [0.1, 0.15) is 6.61 Å². The van der Waals surface area contributed by atoms with Gasteiger partial charge in [-0.25, -0.2) is 0 Å². The van der Waals surface area contributed by atoms with Crippen molar-refractivity contribution < 1.29 is 19.1 Å². The molecule has 0 unspecified atom stereocenters. The number of imide groups is 1. The third kappa shape index (κ3) is 4.54. The summed E-state index contributed by atoms with van der Waals surface area (Å²) in [6, 6.07) is 11.0. The fourth-order valence-corrected chi connectivity index (χ4v) is 4.36. The first-order valence-electron chi connectivity index (χ1n) is 8.43. The van der Waals surface area contributed by atoms with Gasteiger partial charge in [-0.05, 0) is 76.1 Å². The van der Waals surface area contributed by atoms with Crippen LogP contribution < -0.4 is 9.47 Å². The molecule has 1 aliphatic heterocycles. The maximum Gasteiger partial charge on any atom is 0.293 e. The van der Waals surface area contributed by atoms with E-state index in [9.17, 15) is 9.59 Å². The molecule has 0 saturated carbocycles. The summed E-state index contributed by atoms with van der Waals surface area (Å²) in [6.45, 7) is 2.44. The number of carbonyl (C=O) groups excluding carboxylic acids is 2. The Morgan fingerprint density at radius 2 is 2.04 bits per heavy atom. The number of ether oxygens (including phenoxy) is 2. The molecular formula is C20H17BrClNO4S. The molecule has 1 saturated heterocycles. The number of hydrogen-bond acceptors (Lipinski definition) is 5. The van der Waals surface area contributed by atoms with Crippen molar-refractivity contribution in [1.29, 1.82) is 0 Å². The zero-order valence-corrected chi connectivity index (χ0v) is 18.4. The van der Waals surface area contributed by atoms with Gasteiger partial charge in [0.05, 0.1) is 16.5 Å². The third-order valence-electron chi connectivity index (χ3n) is 4.01. The van der Waals surface area contributed by atoms with E-state index in [4.69, 9.17) is 21.1 Å². The van der Waals surface area contributed by atoms with Crippen molar-refractivity contribution in [2.75, 3.05) is 13.7 Å². The molecule has 1 fully saturated rings. The van der Waals surface area contributed by atoms with Gasteiger partial charge in [-0.15, -0.1) is 0 Å². The van der Waals surface area contributed by atoms with Gasteiger partial charge in [0.15, 0.2) is 11.5 Å². The van der Waals surface area contributed by atoms with Crippen LogP contribution in [0.1, 0.15) is 18.1 Å². The number of hydrogen-bond donors (Lipinski definition) is 0. The number of methoxy groups -OCH3 is 1. The quantitative estimate of drug-likeness (QED) is 0.491. The predicted octanol–water partition coefficient (Wildman–Crippen LogP) is 5.75. The van der Waals surface area contributed by atoms with Crippen LogP contribution in [-0.4, -0.2) is 29.7 Å². The van der Waals surface area contributed by atoms with Crippen molar-refractivity contribution in [2.45, 2.75) is 13.5 Å². The summed E-state index contributed by atoms with van der Waals surface area (Å²) in [5, 5.41) is 0.384. The van der Waals surface area contributed by atoms with Crippen LogP contribution in [-0.2, 0) is 11.4 Å². The van der Waals surface area contributed by atoms with Crippen molar-refractivity contribution >= 4 is 56.5 Å². The van der Waals surface area contributed by atoms with Crippen LogP contribution in [0.15, 0.2) is 45.8 Å². The van der Waals surface area contributed by atoms with Crippen molar-refractivity contribution in [3.8, 4) is 11.5 Å². The normalized spacial score (nSPS) is 15.4. The fourth-order valence-electron chi connectivity index (χ4n) is 2.67. The Balaban J connectivity index is 1.85. The van der Waals surface area contributed by atoms with Crippen molar-refractivity contribution in [3.63, 3.8) is 0 Å². The molecule has 146 valence electrons. The number of benzene rings is 2. The van der Waals surface area contributed by atoms with Crippen LogP contribution in [0.5, 0.6) is 11.5 Å². The van der Waals surface area contributed by atoms with E-state index in [0.717, 1.165) is 22.9 Å². The number of thioether (sulfide) groups is 1. The summed E-state index contributed by atoms with van der Waals surface area (Å²) >= 11 is 10.4. The Morgan fingerprint density at radius 3 is 2.68 bits per heavy atom. The standard InChI is InChI=1S/C20H17BrClNO4S/c1-3-23-19(24)17(28-20(23)25)10-13-8-15(21)18(16(9-13)26-2)27-11-12-5-4-6-14(22)7-12/h4-10H,3,11H2,1-2H3/b17-10-. The average molecular weight is 483 g/mol. The minimum Gasteiger partial charge on any atom is -0.493 e. The minimum atomic E-state index is -0.283. The summed E-state index contributed by atoms with van der Waals surface area (Å²) in [5.41, 5.74) is 1.65. The molecule has 28 heavy (non-hydrogen) atoms. The molecule has 0 aromatic heterocycles. The average Bonchev–Trinajstić information content (AvgIpc) is 2.93. The second-order valence-electron chi connectivity index (χ2n) is 5.88. The number of likely N-dealkylation sites (N-methyl/N-ethyl adjacent to an activating group) is 1. The molecule has 8 heteroatoms. The van der Waals surface area contributed by atoms with E-state index in [1.54, 1.807) is 32.2 Å². The van der Waals surface area contributed by atoms with E-state index >= 15 is 0 Å². The molecule has 0 aliphatic carbocycles. The topological polar surface area (TPSA) is 55.8 Å². The lowest BCUT2D eigenvalue weighted by molar-refractivity contribution is -0.122. The molecule has 2 amide bonds. The SMILES string of the molecule is CCN1C(=O)S/C(=C\c2cc(Br)c(OCc3cccc(Cl)c3)c(OC)c2)C1=O. The molecule has 3 rings (SSSR count). The van der Waals surface area contributed by atoms with E-state index < -0.39 is 0 Å². The van der Waals surface area contributed by atoms with E-state index in [0.29, 0.717) is 39.1 Å². The van der Waals surface area contributed by atoms with E-state index in [1.165, 1.54) is 4.90 Å². The smallest absolute Gasteiger partial charge is 0.293 e. The lowest BCUT2D eigenvalue weighted by Gasteiger charge is -2.14. The molecule has 1 heterocycles. The van der Waals surface area contributed by atoms with Crippen LogP contribution >= 0.6 is 39.3 Å². The Hall–Kier alpha value is -1.96. The van der Waals surface area contributed by atoms with Crippen LogP contribution in [0.25, 0.3) is 6.08 Å². The van der Waals surface area contributed by atoms with E-state index in [1.807, 2.05) is 24.3 Å². The highest BCUT2D eigenvalue weighted by Crippen LogP contribution is 2.39. The molecule has 0 atom stereocenters. The summed E-state index contributed by atoms with van der Waals surface area (Å²) in [7, 11) is 1.54. The van der Waals surface area contributed by atoms with Gasteiger partial charge in [-0.3, -0.25) is 14.5 Å². The number of nitrogens with zero attached hydrogens (tertiary/aromatic N) is 1. The largest absolute Gasteiger partial charge is 0.493 e. The minimum absolute atomic E-state index is 0.258. The Kier molecular flexibility index (Phi) is 6.69. The Morgan fingerprint density at radius 1 is 1.25 bits per heavy atom. The maximum absolute atomic E-state index is 12.3. The van der Waals surface area contributed by atoms with Gasteiger partial charge >= 0.3 is 0 Å². The van der Waals surface area contributed by atoms with Crippen LogP contribution in [0.2, 0.25) is 5.02 Å². The predicted molar refractivity (Wildman–Crippen MR) is 115 cm³/mol. The first kappa shape index (κ1) is 20.8. The second-order valence-corrected chi connectivity index (χ2v) is 8.16. The first-order chi connectivity index (χ1) is 13.4. The van der Waals surface area contributed by atoms with Gasteiger partial charge in [0.25, 0.3) is 11.1 Å². The Bertz CT molecular complexity index is 963. The molecule has 0 N–H and O–H groups in total. The number of amides is 2. The lowest BCUT2D eigenvalue weighted by Crippen LogP contribution is -2.27. The summed E-state index contributed by atoms with van der Waals surface area (Å²) in [4.78, 5) is 25.7. The number of halogens is 2. The number of carbonyl (C=O) groups is 2. The van der Waals surface area contributed by atoms with Crippen LogP contribution in [0.3, 0.4) is 0 Å². The van der Waals surface area contributed by atoms with Crippen LogP contribution in [0, 0.1) is 0 Å². The molecule has 2 aromatic rings. The Labute approximate surface area is 180 Å². The van der Waals surface area contributed by atoms with Gasteiger partial charge < -0.3 is 9.47 Å². The van der Waals surface area contributed by atoms with Crippen molar-refractivity contribution in [2.24, 2.45) is 0 Å². The van der Waals surface area contributed by atoms with Gasteiger partial charge in [-0.2, -0.15) is 0 Å². The van der Waals surface area contributed by atoms with Gasteiger partial charge in [-0.1, -0.05) is 23.7 Å². The zero-order chi connectivity index (χ0) is 20.3. The number of rotatable bonds is 6. The molecule has 0 bridgehead atoms. The zero-order valence-electron chi connectivity index (χ0n) is 15.2. The molecule has 2 aromatic carbocycles. The molecule has 5 nitrogen and oxygen atoms in total. The lowest BCUT2D eigenvalue weighted by atomic mass is 10.1. The van der Waals surface area contributed by atoms with Crippen LogP contribution in [0.4, 0.5) is 4.79 Å². The van der Waals surface area contributed by atoms with Gasteiger partial charge in [0, 0.05) is 11.6 Å². The third-order valence-corrected chi connectivity index (χ3v) is 5.74. The first-order valence-corrected chi connectivity index (χ1v) is 10.4. The highest BCUT2D eigenvalue weighted by Gasteiger charge is 2.33. The molecule has 0 spiro atoms. The fraction of sp³-hybridized carbons (Fsp3) is 0.200. The van der Waals surface area contributed by atoms with Crippen molar-refractivity contribution in [3.05, 3.63) is 61.9 Å². The molecular weight excluding hydrogens is 466 g/mol. The summed E-state index contributed by atoms with van der Waals surface area (Å²) < 4.78 is 12.0. The molecule has 1 aliphatic rings.